The Kier molecular flexibility index (Phi) is 4.62. The molecule has 136 valence electrons. The van der Waals surface area contributed by atoms with E-state index >= 15 is 0 Å². The first-order valence-corrected chi connectivity index (χ1v) is 9.37. The maximum absolute atomic E-state index is 10.9. The molecule has 3 N–H and O–H groups in total. The topological polar surface area (TPSA) is 60.7 Å². The van der Waals surface area contributed by atoms with Crippen LogP contribution in [0.5, 0.6) is 17.2 Å². The van der Waals surface area contributed by atoms with Crippen molar-refractivity contribution in [1.29, 1.82) is 0 Å². The van der Waals surface area contributed by atoms with Gasteiger partial charge in [-0.3, -0.25) is 0 Å². The van der Waals surface area contributed by atoms with Crippen LogP contribution in [0.4, 0.5) is 0 Å². The number of hydrogen-bond donors (Lipinski definition) is 3. The van der Waals surface area contributed by atoms with Crippen LogP contribution in [0, 0.1) is 6.92 Å². The molecule has 0 spiro atoms. The Balaban J connectivity index is 2.47. The second-order valence-corrected chi connectivity index (χ2v) is 8.61. The van der Waals surface area contributed by atoms with E-state index in [2.05, 4.69) is 15.9 Å². The largest absolute Gasteiger partial charge is 0.507 e. The number of benzene rings is 3. The fourth-order valence-corrected chi connectivity index (χ4v) is 3.90. The van der Waals surface area contributed by atoms with Crippen molar-refractivity contribution >= 4 is 38.3 Å². The first-order chi connectivity index (χ1) is 12.1. The van der Waals surface area contributed by atoms with Crippen LogP contribution in [0.25, 0.3) is 21.9 Å². The summed E-state index contributed by atoms with van der Waals surface area (Å²) in [6.07, 6.45) is 0. The average Bonchev–Trinajstić information content (AvgIpc) is 2.58. The van der Waals surface area contributed by atoms with Crippen molar-refractivity contribution in [1.82, 2.24) is 0 Å². The smallest absolute Gasteiger partial charge is 0.142 e. The van der Waals surface area contributed by atoms with Crippen LogP contribution in [0.3, 0.4) is 0 Å². The van der Waals surface area contributed by atoms with Gasteiger partial charge >= 0.3 is 0 Å². The standard InChI is InChI=1S/C21H20BrClO3/c1-10-13(9-14(21(2,3)4)20(26)16(10)22)15-17(23)19(25)12-8-6-5-7-11(12)18(15)24/h5-9,24-26H,1-4H3. The van der Waals surface area contributed by atoms with Crippen LogP contribution in [0.1, 0.15) is 31.9 Å². The van der Waals surface area contributed by atoms with Crippen molar-refractivity contribution in [2.24, 2.45) is 0 Å². The predicted octanol–water partition coefficient (Wildman–Crippen LogP) is 6.65. The number of phenolic OH excluding ortho intramolecular Hbond substituents is 3. The van der Waals surface area contributed by atoms with Crippen LogP contribution in [-0.2, 0) is 5.41 Å². The molecule has 0 heterocycles. The molecule has 0 saturated carbocycles. The first-order valence-electron chi connectivity index (χ1n) is 8.20. The van der Waals surface area contributed by atoms with Gasteiger partial charge in [0.25, 0.3) is 0 Å². The molecule has 0 bridgehead atoms. The molecule has 0 atom stereocenters. The summed E-state index contributed by atoms with van der Waals surface area (Å²) in [5.41, 5.74) is 2.13. The zero-order valence-electron chi connectivity index (χ0n) is 15.0. The predicted molar refractivity (Wildman–Crippen MR) is 111 cm³/mol. The molecule has 5 heteroatoms. The van der Waals surface area contributed by atoms with E-state index in [0.29, 0.717) is 31.9 Å². The third-order valence-corrected chi connectivity index (χ3v) is 6.00. The Labute approximate surface area is 166 Å². The SMILES string of the molecule is Cc1c(-c2c(Cl)c(O)c3ccccc3c2O)cc(C(C)(C)C)c(O)c1Br. The van der Waals surface area contributed by atoms with Gasteiger partial charge in [-0.1, -0.05) is 56.6 Å². The summed E-state index contributed by atoms with van der Waals surface area (Å²) in [4.78, 5) is 0. The summed E-state index contributed by atoms with van der Waals surface area (Å²) in [6, 6.07) is 8.83. The molecule has 3 aromatic carbocycles. The number of aromatic hydroxyl groups is 3. The molecular formula is C21H20BrClO3. The average molecular weight is 436 g/mol. The zero-order chi connectivity index (χ0) is 19.4. The zero-order valence-corrected chi connectivity index (χ0v) is 17.3. The van der Waals surface area contributed by atoms with Gasteiger partial charge in [-0.25, -0.2) is 0 Å². The van der Waals surface area contributed by atoms with E-state index in [9.17, 15) is 15.3 Å². The molecule has 3 aromatic rings. The molecule has 0 saturated heterocycles. The summed E-state index contributed by atoms with van der Waals surface area (Å²) in [7, 11) is 0. The van der Waals surface area contributed by atoms with Crippen LogP contribution in [0.15, 0.2) is 34.8 Å². The van der Waals surface area contributed by atoms with Crippen molar-refractivity contribution in [3.8, 4) is 28.4 Å². The van der Waals surface area contributed by atoms with Crippen molar-refractivity contribution in [2.45, 2.75) is 33.1 Å². The molecule has 3 rings (SSSR count). The highest BCUT2D eigenvalue weighted by atomic mass is 79.9. The van der Waals surface area contributed by atoms with Crippen molar-refractivity contribution in [2.75, 3.05) is 0 Å². The van der Waals surface area contributed by atoms with Crippen LogP contribution in [0.2, 0.25) is 5.02 Å². The maximum Gasteiger partial charge on any atom is 0.142 e. The highest BCUT2D eigenvalue weighted by molar-refractivity contribution is 9.10. The summed E-state index contributed by atoms with van der Waals surface area (Å²) in [5.74, 6) is 0.0966. The lowest BCUT2D eigenvalue weighted by Crippen LogP contribution is -2.12. The van der Waals surface area contributed by atoms with E-state index in [0.717, 1.165) is 5.56 Å². The van der Waals surface area contributed by atoms with Gasteiger partial charge in [0, 0.05) is 21.9 Å². The molecule has 3 nitrogen and oxygen atoms in total. The number of phenols is 3. The Morgan fingerprint density at radius 3 is 2.00 bits per heavy atom. The molecular weight excluding hydrogens is 416 g/mol. The molecule has 0 aliphatic carbocycles. The van der Waals surface area contributed by atoms with Crippen molar-refractivity contribution in [3.63, 3.8) is 0 Å². The van der Waals surface area contributed by atoms with E-state index in [1.807, 2.05) is 33.8 Å². The molecule has 0 unspecified atom stereocenters. The Hall–Kier alpha value is -1.91. The number of hydrogen-bond acceptors (Lipinski definition) is 3. The van der Waals surface area contributed by atoms with Gasteiger partial charge in [0.05, 0.1) is 9.50 Å². The molecule has 0 aromatic heterocycles. The summed E-state index contributed by atoms with van der Waals surface area (Å²) in [6.45, 7) is 7.81. The van der Waals surface area contributed by atoms with Gasteiger partial charge < -0.3 is 15.3 Å². The fourth-order valence-electron chi connectivity index (χ4n) is 3.18. The van der Waals surface area contributed by atoms with Crippen LogP contribution >= 0.6 is 27.5 Å². The van der Waals surface area contributed by atoms with Gasteiger partial charge in [0.2, 0.25) is 0 Å². The van der Waals surface area contributed by atoms with Crippen LogP contribution in [-0.4, -0.2) is 15.3 Å². The second-order valence-electron chi connectivity index (χ2n) is 7.44. The van der Waals surface area contributed by atoms with Crippen molar-refractivity contribution in [3.05, 3.63) is 51.0 Å². The highest BCUT2D eigenvalue weighted by Gasteiger charge is 2.26. The van der Waals surface area contributed by atoms with E-state index in [1.165, 1.54) is 0 Å². The summed E-state index contributed by atoms with van der Waals surface area (Å²) >= 11 is 9.91. The quantitative estimate of drug-likeness (QED) is 0.375. The lowest BCUT2D eigenvalue weighted by Gasteiger charge is -2.24. The monoisotopic (exact) mass is 434 g/mol. The minimum Gasteiger partial charge on any atom is -0.507 e. The fraction of sp³-hybridized carbons (Fsp3) is 0.238. The number of halogens is 2. The lowest BCUT2D eigenvalue weighted by molar-refractivity contribution is 0.443. The van der Waals surface area contributed by atoms with E-state index in [1.54, 1.807) is 24.3 Å². The van der Waals surface area contributed by atoms with E-state index in [-0.39, 0.29) is 27.7 Å². The Morgan fingerprint density at radius 2 is 1.46 bits per heavy atom. The van der Waals surface area contributed by atoms with Gasteiger partial charge in [0.15, 0.2) is 0 Å². The van der Waals surface area contributed by atoms with Gasteiger partial charge in [-0.2, -0.15) is 0 Å². The third-order valence-electron chi connectivity index (χ3n) is 4.66. The molecule has 0 radical (unpaired) electrons. The van der Waals surface area contributed by atoms with Gasteiger partial charge in [-0.15, -0.1) is 0 Å². The first kappa shape index (κ1) is 18.9. The van der Waals surface area contributed by atoms with Gasteiger partial charge in [-0.05, 0) is 45.5 Å². The number of rotatable bonds is 1. The summed E-state index contributed by atoms with van der Waals surface area (Å²) < 4.78 is 0.544. The minimum atomic E-state index is -0.323. The molecule has 0 aliphatic rings. The van der Waals surface area contributed by atoms with Crippen LogP contribution < -0.4 is 0 Å². The second kappa shape index (κ2) is 6.36. The highest BCUT2D eigenvalue weighted by Crippen LogP contribution is 2.51. The molecule has 0 aliphatic heterocycles. The third kappa shape index (κ3) is 2.81. The lowest BCUT2D eigenvalue weighted by atomic mass is 9.83. The maximum atomic E-state index is 10.9. The normalized spacial score (nSPS) is 11.9. The Bertz CT molecular complexity index is 1040. The van der Waals surface area contributed by atoms with E-state index < -0.39 is 0 Å². The van der Waals surface area contributed by atoms with Gasteiger partial charge in [0.1, 0.15) is 17.2 Å². The minimum absolute atomic E-state index is 0.00366. The van der Waals surface area contributed by atoms with E-state index in [4.69, 9.17) is 11.6 Å². The Morgan fingerprint density at radius 1 is 0.923 bits per heavy atom. The molecule has 26 heavy (non-hydrogen) atoms. The number of fused-ring (bicyclic) bond motifs is 1. The molecule has 0 fully saturated rings. The molecule has 0 amide bonds. The summed E-state index contributed by atoms with van der Waals surface area (Å²) in [5, 5.41) is 33.1. The van der Waals surface area contributed by atoms with Crippen molar-refractivity contribution < 1.29 is 15.3 Å².